The Morgan fingerprint density at radius 2 is 1.50 bits per heavy atom. The molecule has 0 spiro atoms. The summed E-state index contributed by atoms with van der Waals surface area (Å²) in [6.45, 7) is 21.5. The summed E-state index contributed by atoms with van der Waals surface area (Å²) < 4.78 is 6.38. The van der Waals surface area contributed by atoms with Crippen molar-refractivity contribution in [2.24, 2.45) is 0 Å². The third-order valence-electron chi connectivity index (χ3n) is 5.46. The van der Waals surface area contributed by atoms with Crippen LogP contribution in [0.5, 0.6) is 0 Å². The molecule has 0 radical (unpaired) electrons. The number of carbonyl (C=O) groups is 1. The van der Waals surface area contributed by atoms with E-state index in [9.17, 15) is 4.79 Å². The van der Waals surface area contributed by atoms with Crippen molar-refractivity contribution in [1.29, 1.82) is 0 Å². The summed E-state index contributed by atoms with van der Waals surface area (Å²) in [5.41, 5.74) is 1.46. The lowest BCUT2D eigenvalue weighted by Gasteiger charge is -2.50. The summed E-state index contributed by atoms with van der Waals surface area (Å²) >= 11 is 0. The van der Waals surface area contributed by atoms with Gasteiger partial charge in [-0.15, -0.1) is 0 Å². The minimum absolute atomic E-state index is 0.0707. The molecule has 0 saturated heterocycles. The van der Waals surface area contributed by atoms with Crippen LogP contribution in [0.15, 0.2) is 12.2 Å². The molecule has 3 heteroatoms. The standard InChI is InChI=1S/C19H38O2Si/c1-10-13-16(6)22(17(7)14-11-2,19(8,9)12-3)21-18(20)15(4)5/h16-17H,4,10-14H2,1-3,5-9H3. The van der Waals surface area contributed by atoms with Crippen LogP contribution in [0.2, 0.25) is 16.1 Å². The lowest BCUT2D eigenvalue weighted by molar-refractivity contribution is -0.131. The fourth-order valence-corrected chi connectivity index (χ4v) is 10.8. The van der Waals surface area contributed by atoms with E-state index < -0.39 is 8.32 Å². The zero-order valence-electron chi connectivity index (χ0n) is 16.2. The predicted molar refractivity (Wildman–Crippen MR) is 99.7 cm³/mol. The van der Waals surface area contributed by atoms with Crippen molar-refractivity contribution in [2.45, 2.75) is 104 Å². The molecule has 0 rings (SSSR count). The molecule has 0 aliphatic carbocycles. The Morgan fingerprint density at radius 3 is 1.77 bits per heavy atom. The van der Waals surface area contributed by atoms with Gasteiger partial charge in [-0.05, 0) is 23.0 Å². The van der Waals surface area contributed by atoms with Crippen LogP contribution < -0.4 is 0 Å². The number of carbonyl (C=O) groups excluding carboxylic acids is 1. The van der Waals surface area contributed by atoms with Crippen LogP contribution in [0.4, 0.5) is 0 Å². The molecule has 2 nitrogen and oxygen atoms in total. The maximum absolute atomic E-state index is 12.5. The smallest absolute Gasteiger partial charge is 0.319 e. The fourth-order valence-electron chi connectivity index (χ4n) is 3.97. The van der Waals surface area contributed by atoms with Crippen molar-refractivity contribution >= 4 is 14.3 Å². The van der Waals surface area contributed by atoms with Crippen LogP contribution in [0, 0.1) is 0 Å². The molecule has 0 bridgehead atoms. The Kier molecular flexibility index (Phi) is 8.67. The first-order valence-electron chi connectivity index (χ1n) is 8.99. The molecule has 0 N–H and O–H groups in total. The van der Waals surface area contributed by atoms with Crippen molar-refractivity contribution in [3.8, 4) is 0 Å². The van der Waals surface area contributed by atoms with Gasteiger partial charge in [0, 0.05) is 5.57 Å². The summed E-state index contributed by atoms with van der Waals surface area (Å²) in [4.78, 5) is 12.5. The van der Waals surface area contributed by atoms with E-state index in [0.29, 0.717) is 16.7 Å². The molecule has 0 aromatic carbocycles. The third-order valence-corrected chi connectivity index (χ3v) is 12.0. The summed E-state index contributed by atoms with van der Waals surface area (Å²) in [5.74, 6) is -0.181. The first kappa shape index (κ1) is 21.4. The first-order chi connectivity index (χ1) is 10.1. The average Bonchev–Trinajstić information content (AvgIpc) is 2.44. The van der Waals surface area contributed by atoms with Gasteiger partial charge in [0.15, 0.2) is 0 Å². The van der Waals surface area contributed by atoms with Crippen molar-refractivity contribution in [1.82, 2.24) is 0 Å². The van der Waals surface area contributed by atoms with E-state index in [1.54, 1.807) is 6.92 Å². The number of hydrogen-bond acceptors (Lipinski definition) is 2. The predicted octanol–water partition coefficient (Wildman–Crippen LogP) is 6.62. The lowest BCUT2D eigenvalue weighted by Crippen LogP contribution is -2.56. The summed E-state index contributed by atoms with van der Waals surface area (Å²) in [5, 5.41) is 0.0707. The average molecular weight is 327 g/mol. The van der Waals surface area contributed by atoms with Gasteiger partial charge in [-0.25, -0.2) is 4.79 Å². The molecule has 0 heterocycles. The highest BCUT2D eigenvalue weighted by Gasteiger charge is 2.57. The highest BCUT2D eigenvalue weighted by Crippen LogP contribution is 2.55. The first-order valence-corrected chi connectivity index (χ1v) is 11.1. The topological polar surface area (TPSA) is 26.3 Å². The molecule has 0 aliphatic rings. The molecule has 0 saturated carbocycles. The highest BCUT2D eigenvalue weighted by molar-refractivity contribution is 6.80. The van der Waals surface area contributed by atoms with Crippen LogP contribution in [-0.4, -0.2) is 14.3 Å². The second kappa shape index (κ2) is 8.90. The molecule has 130 valence electrons. The zero-order chi connectivity index (χ0) is 17.6. The molecule has 2 atom stereocenters. The molecule has 0 fully saturated rings. The van der Waals surface area contributed by atoms with Gasteiger partial charge in [0.2, 0.25) is 0 Å². The van der Waals surface area contributed by atoms with Crippen LogP contribution in [0.25, 0.3) is 0 Å². The second-order valence-corrected chi connectivity index (χ2v) is 12.7. The van der Waals surface area contributed by atoms with Gasteiger partial charge < -0.3 is 4.43 Å². The van der Waals surface area contributed by atoms with E-state index in [4.69, 9.17) is 4.43 Å². The number of rotatable bonds is 10. The van der Waals surface area contributed by atoms with Crippen LogP contribution in [0.1, 0.15) is 87.5 Å². The largest absolute Gasteiger partial charge is 0.515 e. The number of hydrogen-bond donors (Lipinski definition) is 0. The molecule has 0 aromatic heterocycles. The van der Waals surface area contributed by atoms with E-state index in [0.717, 1.165) is 32.1 Å². The van der Waals surface area contributed by atoms with E-state index in [1.165, 1.54) is 0 Å². The minimum atomic E-state index is -2.31. The lowest BCUT2D eigenvalue weighted by atomic mass is 10.1. The quantitative estimate of drug-likeness (QED) is 0.333. The van der Waals surface area contributed by atoms with Gasteiger partial charge >= 0.3 is 5.97 Å². The monoisotopic (exact) mass is 326 g/mol. The minimum Gasteiger partial charge on any atom is -0.515 e. The van der Waals surface area contributed by atoms with Crippen molar-refractivity contribution < 1.29 is 9.22 Å². The normalized spacial score (nSPS) is 17.5. The highest BCUT2D eigenvalue weighted by atomic mass is 28.4. The van der Waals surface area contributed by atoms with Crippen molar-refractivity contribution in [3.63, 3.8) is 0 Å². The van der Waals surface area contributed by atoms with Crippen LogP contribution in [-0.2, 0) is 9.22 Å². The van der Waals surface area contributed by atoms with Gasteiger partial charge in [0.25, 0.3) is 8.32 Å². The van der Waals surface area contributed by atoms with Crippen LogP contribution in [0.3, 0.4) is 0 Å². The Morgan fingerprint density at radius 1 is 1.09 bits per heavy atom. The third kappa shape index (κ3) is 4.47. The van der Waals surface area contributed by atoms with Gasteiger partial charge in [-0.3, -0.25) is 0 Å². The van der Waals surface area contributed by atoms with E-state index >= 15 is 0 Å². The maximum atomic E-state index is 12.5. The summed E-state index contributed by atoms with van der Waals surface area (Å²) in [6.07, 6.45) is 5.59. The molecule has 0 aliphatic heterocycles. The van der Waals surface area contributed by atoms with Crippen molar-refractivity contribution in [2.75, 3.05) is 0 Å². The molecule has 2 unspecified atom stereocenters. The van der Waals surface area contributed by atoms with Gasteiger partial charge in [0.05, 0.1) is 0 Å². The maximum Gasteiger partial charge on any atom is 0.319 e. The Hall–Kier alpha value is -0.573. The zero-order valence-corrected chi connectivity index (χ0v) is 17.2. The van der Waals surface area contributed by atoms with Crippen LogP contribution >= 0.6 is 0 Å². The van der Waals surface area contributed by atoms with E-state index in [1.807, 2.05) is 0 Å². The van der Waals surface area contributed by atoms with Crippen molar-refractivity contribution in [3.05, 3.63) is 12.2 Å². The molecular formula is C19H38O2Si. The molecule has 0 aromatic rings. The second-order valence-electron chi connectivity index (χ2n) is 7.58. The Labute approximate surface area is 139 Å². The summed E-state index contributed by atoms with van der Waals surface area (Å²) in [7, 11) is -2.31. The molecule has 0 amide bonds. The Balaban J connectivity index is 6.01. The van der Waals surface area contributed by atoms with E-state index in [2.05, 4.69) is 55.0 Å². The van der Waals surface area contributed by atoms with Gasteiger partial charge in [-0.2, -0.15) is 0 Å². The molecular weight excluding hydrogens is 288 g/mol. The SMILES string of the molecule is C=C(C)C(=O)O[Si](C(C)CCC)(C(C)CCC)C(C)(C)CC. The van der Waals surface area contributed by atoms with E-state index in [-0.39, 0.29) is 11.0 Å². The molecule has 22 heavy (non-hydrogen) atoms. The van der Waals surface area contributed by atoms with Gasteiger partial charge in [-0.1, -0.05) is 87.1 Å². The summed E-state index contributed by atoms with van der Waals surface area (Å²) in [6, 6.07) is 0. The van der Waals surface area contributed by atoms with Gasteiger partial charge in [0.1, 0.15) is 0 Å². The Bertz CT molecular complexity index is 362. The fraction of sp³-hybridized carbons (Fsp3) is 0.842.